The zero-order chi connectivity index (χ0) is 24.6. The van der Waals surface area contributed by atoms with Crippen molar-refractivity contribution in [1.29, 1.82) is 0 Å². The van der Waals surface area contributed by atoms with E-state index in [2.05, 4.69) is 15.7 Å². The van der Waals surface area contributed by atoms with Gasteiger partial charge in [0.2, 0.25) is 0 Å². The van der Waals surface area contributed by atoms with E-state index in [9.17, 15) is 18.0 Å². The number of halogens is 3. The Morgan fingerprint density at radius 2 is 1.94 bits per heavy atom. The smallest absolute Gasteiger partial charge is 0.387 e. The predicted octanol–water partition coefficient (Wildman–Crippen LogP) is 5.08. The summed E-state index contributed by atoms with van der Waals surface area (Å²) in [7, 11) is 0. The van der Waals surface area contributed by atoms with Crippen molar-refractivity contribution in [3.05, 3.63) is 69.4 Å². The number of amides is 2. The van der Waals surface area contributed by atoms with Crippen LogP contribution in [0.1, 0.15) is 58.9 Å². The topological polar surface area (TPSA) is 84.6 Å². The molecule has 2 aliphatic heterocycles. The van der Waals surface area contributed by atoms with Crippen molar-refractivity contribution in [2.24, 2.45) is 5.16 Å². The number of benzene rings is 1. The van der Waals surface area contributed by atoms with Gasteiger partial charge in [0.1, 0.15) is 5.71 Å². The Morgan fingerprint density at radius 1 is 1.20 bits per heavy atom. The van der Waals surface area contributed by atoms with E-state index in [1.54, 1.807) is 16.2 Å². The molecule has 5 rings (SSSR count). The van der Waals surface area contributed by atoms with Crippen molar-refractivity contribution in [2.75, 3.05) is 18.5 Å². The number of piperidine rings is 1. The van der Waals surface area contributed by atoms with E-state index in [1.165, 1.54) is 6.92 Å². The molecular formula is C23H23F3N6O2S. The maximum Gasteiger partial charge on any atom is 0.435 e. The van der Waals surface area contributed by atoms with E-state index in [4.69, 9.17) is 9.82 Å². The molecular weight excluding hydrogens is 481 g/mol. The number of hydrogen-bond donors (Lipinski definition) is 1. The molecule has 2 aromatic heterocycles. The highest BCUT2D eigenvalue weighted by Crippen LogP contribution is 2.34. The molecule has 0 saturated carbocycles. The van der Waals surface area contributed by atoms with Gasteiger partial charge in [0.05, 0.1) is 16.4 Å². The van der Waals surface area contributed by atoms with Crippen LogP contribution >= 0.6 is 11.3 Å². The molecule has 1 fully saturated rings. The van der Waals surface area contributed by atoms with Crippen LogP contribution in [0.5, 0.6) is 0 Å². The molecule has 0 spiro atoms. The number of likely N-dealkylation sites (tertiary alicyclic amines) is 1. The van der Waals surface area contributed by atoms with Crippen LogP contribution in [0.15, 0.2) is 46.9 Å². The molecule has 35 heavy (non-hydrogen) atoms. The molecule has 1 aromatic carbocycles. The van der Waals surface area contributed by atoms with Crippen LogP contribution in [0.3, 0.4) is 0 Å². The molecule has 4 heterocycles. The number of alkyl halides is 3. The Hall–Kier alpha value is -3.41. The second kappa shape index (κ2) is 9.33. The van der Waals surface area contributed by atoms with E-state index in [1.807, 2.05) is 35.7 Å². The van der Waals surface area contributed by atoms with Crippen molar-refractivity contribution in [3.8, 4) is 0 Å². The van der Waals surface area contributed by atoms with Gasteiger partial charge in [-0.25, -0.2) is 15.2 Å². The van der Waals surface area contributed by atoms with Gasteiger partial charge in [0.15, 0.2) is 11.8 Å². The fourth-order valence-electron chi connectivity index (χ4n) is 4.20. The Balaban J connectivity index is 1.15. The minimum Gasteiger partial charge on any atom is -0.387 e. The molecule has 8 nitrogen and oxygen atoms in total. The molecule has 1 N–H and O–H groups in total. The zero-order valence-electron chi connectivity index (χ0n) is 18.8. The predicted molar refractivity (Wildman–Crippen MR) is 124 cm³/mol. The molecule has 0 aliphatic carbocycles. The summed E-state index contributed by atoms with van der Waals surface area (Å²) < 4.78 is 38.6. The average Bonchev–Trinajstić information content (AvgIpc) is 3.60. The second-order valence-corrected chi connectivity index (χ2v) is 9.47. The number of oxime groups is 1. The fourth-order valence-corrected chi connectivity index (χ4v) is 5.20. The number of urea groups is 1. The fraction of sp³-hybridized carbons (Fsp3) is 0.391. The van der Waals surface area contributed by atoms with Crippen molar-refractivity contribution in [2.45, 2.75) is 44.4 Å². The monoisotopic (exact) mass is 504 g/mol. The molecule has 12 heteroatoms. The average molecular weight is 505 g/mol. The van der Waals surface area contributed by atoms with Crippen molar-refractivity contribution >= 4 is 23.1 Å². The van der Waals surface area contributed by atoms with Crippen LogP contribution in [0.25, 0.3) is 0 Å². The highest BCUT2D eigenvalue weighted by atomic mass is 32.1. The third-order valence-corrected chi connectivity index (χ3v) is 7.18. The van der Waals surface area contributed by atoms with Crippen LogP contribution in [0.2, 0.25) is 0 Å². The van der Waals surface area contributed by atoms with Gasteiger partial charge in [-0.1, -0.05) is 35.5 Å². The number of thiazole rings is 1. The van der Waals surface area contributed by atoms with Gasteiger partial charge in [-0.2, -0.15) is 18.0 Å². The maximum atomic E-state index is 12.9. The van der Waals surface area contributed by atoms with Crippen LogP contribution < -0.4 is 5.43 Å². The number of nitrogens with zero attached hydrogens (tertiary/aromatic N) is 5. The first-order chi connectivity index (χ1) is 16.8. The maximum absolute atomic E-state index is 12.9. The van der Waals surface area contributed by atoms with E-state index in [0.29, 0.717) is 32.4 Å². The molecule has 2 amide bonds. The van der Waals surface area contributed by atoms with Crippen molar-refractivity contribution < 1.29 is 22.8 Å². The number of nitrogens with one attached hydrogen (secondary N) is 1. The van der Waals surface area contributed by atoms with Crippen LogP contribution in [0, 0.1) is 6.92 Å². The van der Waals surface area contributed by atoms with E-state index in [-0.39, 0.29) is 17.7 Å². The lowest BCUT2D eigenvalue weighted by Crippen LogP contribution is -2.43. The summed E-state index contributed by atoms with van der Waals surface area (Å²) in [5, 5.41) is 10.7. The SMILES string of the molecule is Cc1cc(C(F)(F)F)nn1NC(=O)N1CCC(c2nc(C3=NO[C@@H](c4ccccc4)C3)cs2)CC1. The minimum absolute atomic E-state index is 0.108. The summed E-state index contributed by atoms with van der Waals surface area (Å²) in [5.41, 5.74) is 4.31. The number of carbonyl (C=O) groups excluding carboxylic acids is 1. The summed E-state index contributed by atoms with van der Waals surface area (Å²) in [5.74, 6) is 0.203. The van der Waals surface area contributed by atoms with Crippen LogP contribution in [-0.2, 0) is 11.0 Å². The third kappa shape index (κ3) is 5.02. The first-order valence-electron chi connectivity index (χ1n) is 11.2. The minimum atomic E-state index is -4.57. The number of rotatable bonds is 4. The number of aryl methyl sites for hydroxylation is 1. The van der Waals surface area contributed by atoms with Gasteiger partial charge in [0, 0.05) is 30.8 Å². The molecule has 1 atom stereocenters. The highest BCUT2D eigenvalue weighted by molar-refractivity contribution is 7.10. The largest absolute Gasteiger partial charge is 0.435 e. The molecule has 1 saturated heterocycles. The summed E-state index contributed by atoms with van der Waals surface area (Å²) in [4.78, 5) is 25.4. The Bertz CT molecular complexity index is 1230. The lowest BCUT2D eigenvalue weighted by molar-refractivity contribution is -0.141. The lowest BCUT2D eigenvalue weighted by Gasteiger charge is -2.31. The van der Waals surface area contributed by atoms with Gasteiger partial charge in [-0.15, -0.1) is 16.4 Å². The standard InChI is InChI=1S/C23H23F3N6O2S/c1-14-11-20(23(24,25)26)28-32(14)29-22(33)31-9-7-16(8-10-31)21-27-18(13-35-21)17-12-19(34-30-17)15-5-3-2-4-6-15/h2-6,11,13,16,19H,7-10,12H2,1H3,(H,29,33)/t19-/m1/s1. The summed E-state index contributed by atoms with van der Waals surface area (Å²) in [6, 6.07) is 10.4. The van der Waals surface area contributed by atoms with Crippen LogP contribution in [0.4, 0.5) is 18.0 Å². The second-order valence-electron chi connectivity index (χ2n) is 8.58. The summed E-state index contributed by atoms with van der Waals surface area (Å²) in [6.07, 6.45) is -2.59. The first kappa shape index (κ1) is 23.3. The molecule has 184 valence electrons. The lowest BCUT2D eigenvalue weighted by atomic mass is 9.97. The summed E-state index contributed by atoms with van der Waals surface area (Å²) >= 11 is 1.57. The quantitative estimate of drug-likeness (QED) is 0.537. The van der Waals surface area contributed by atoms with Crippen molar-refractivity contribution in [3.63, 3.8) is 0 Å². The van der Waals surface area contributed by atoms with Crippen molar-refractivity contribution in [1.82, 2.24) is 19.8 Å². The Morgan fingerprint density at radius 3 is 2.63 bits per heavy atom. The van der Waals surface area contributed by atoms with Gasteiger partial charge in [-0.3, -0.25) is 0 Å². The van der Waals surface area contributed by atoms with E-state index in [0.717, 1.165) is 32.8 Å². The van der Waals surface area contributed by atoms with Gasteiger partial charge in [0.25, 0.3) is 0 Å². The number of aromatic nitrogens is 3. The Kier molecular flexibility index (Phi) is 6.22. The van der Waals surface area contributed by atoms with Gasteiger partial charge < -0.3 is 9.74 Å². The van der Waals surface area contributed by atoms with Crippen LogP contribution in [-0.4, -0.2) is 44.6 Å². The molecule has 0 radical (unpaired) electrons. The highest BCUT2D eigenvalue weighted by Gasteiger charge is 2.35. The first-order valence-corrected chi connectivity index (χ1v) is 12.1. The third-order valence-electron chi connectivity index (χ3n) is 6.17. The van der Waals surface area contributed by atoms with Gasteiger partial charge in [-0.05, 0) is 31.4 Å². The molecule has 2 aliphatic rings. The number of carbonyl (C=O) groups is 1. The van der Waals surface area contributed by atoms with Gasteiger partial charge >= 0.3 is 12.2 Å². The summed E-state index contributed by atoms with van der Waals surface area (Å²) in [6.45, 7) is 2.40. The molecule has 0 bridgehead atoms. The van der Waals surface area contributed by atoms with E-state index >= 15 is 0 Å². The zero-order valence-corrected chi connectivity index (χ0v) is 19.6. The number of hydrogen-bond acceptors (Lipinski definition) is 6. The van der Waals surface area contributed by atoms with E-state index < -0.39 is 17.9 Å². The molecule has 3 aromatic rings. The molecule has 0 unspecified atom stereocenters. The Labute approximate surface area is 203 Å². The normalized spacial score (nSPS) is 18.9.